The number of fused-ring (bicyclic) bond motifs is 2. The van der Waals surface area contributed by atoms with Crippen LogP contribution in [0.1, 0.15) is 12.8 Å². The summed E-state index contributed by atoms with van der Waals surface area (Å²) in [6.45, 7) is 1.82. The fourth-order valence-corrected chi connectivity index (χ4v) is 2.43. The molecule has 80 valence electrons. The molecule has 0 spiro atoms. The molecule has 1 aromatic heterocycles. The lowest BCUT2D eigenvalue weighted by Gasteiger charge is -2.32. The van der Waals surface area contributed by atoms with Crippen LogP contribution in [0.25, 0.3) is 0 Å². The van der Waals surface area contributed by atoms with E-state index in [4.69, 9.17) is 16.3 Å². The van der Waals surface area contributed by atoms with Crippen molar-refractivity contribution in [1.29, 1.82) is 0 Å². The number of ether oxygens (including phenoxy) is 1. The molecule has 4 nitrogen and oxygen atoms in total. The zero-order valence-electron chi connectivity index (χ0n) is 8.27. The van der Waals surface area contributed by atoms with E-state index in [0.29, 0.717) is 17.4 Å². The first-order chi connectivity index (χ1) is 7.31. The van der Waals surface area contributed by atoms with Crippen molar-refractivity contribution in [2.24, 2.45) is 0 Å². The predicted molar refractivity (Wildman–Crippen MR) is 57.2 cm³/mol. The lowest BCUT2D eigenvalue weighted by molar-refractivity contribution is 0.0302. The van der Waals surface area contributed by atoms with Gasteiger partial charge in [0.25, 0.3) is 0 Å². The number of hydrogen-bond acceptors (Lipinski definition) is 4. The first kappa shape index (κ1) is 9.36. The topological polar surface area (TPSA) is 38.2 Å². The van der Waals surface area contributed by atoms with Crippen LogP contribution in [-0.2, 0) is 4.74 Å². The molecule has 2 saturated heterocycles. The molecule has 1 aromatic rings. The summed E-state index contributed by atoms with van der Waals surface area (Å²) < 4.78 is 5.76. The van der Waals surface area contributed by atoms with Crippen LogP contribution in [0.5, 0.6) is 0 Å². The van der Waals surface area contributed by atoms with Gasteiger partial charge in [0.15, 0.2) is 0 Å². The lowest BCUT2D eigenvalue weighted by atomic mass is 10.2. The van der Waals surface area contributed by atoms with Crippen molar-refractivity contribution in [1.82, 2.24) is 9.97 Å². The molecule has 3 rings (SSSR count). The number of morpholine rings is 1. The minimum Gasteiger partial charge on any atom is -0.371 e. The Morgan fingerprint density at radius 1 is 1.27 bits per heavy atom. The summed E-state index contributed by atoms with van der Waals surface area (Å²) in [7, 11) is 0. The zero-order valence-corrected chi connectivity index (χ0v) is 9.02. The fraction of sp³-hybridized carbons (Fsp3) is 0.600. The van der Waals surface area contributed by atoms with Crippen molar-refractivity contribution in [3.63, 3.8) is 0 Å². The van der Waals surface area contributed by atoms with Gasteiger partial charge in [0, 0.05) is 13.1 Å². The van der Waals surface area contributed by atoms with Gasteiger partial charge in [-0.2, -0.15) is 0 Å². The van der Waals surface area contributed by atoms with E-state index in [9.17, 15) is 0 Å². The molecule has 0 aromatic carbocycles. The molecule has 2 fully saturated rings. The van der Waals surface area contributed by atoms with Gasteiger partial charge in [-0.05, 0) is 12.8 Å². The average molecular weight is 226 g/mol. The highest BCUT2D eigenvalue weighted by atomic mass is 35.5. The highest BCUT2D eigenvalue weighted by Crippen LogP contribution is 2.28. The maximum atomic E-state index is 5.82. The molecule has 2 aliphatic rings. The summed E-state index contributed by atoms with van der Waals surface area (Å²) in [5, 5.41) is 0.450. The molecule has 2 unspecified atom stereocenters. The highest BCUT2D eigenvalue weighted by Gasteiger charge is 2.34. The molecule has 0 aliphatic carbocycles. The lowest BCUT2D eigenvalue weighted by Crippen LogP contribution is -2.43. The van der Waals surface area contributed by atoms with E-state index in [0.717, 1.165) is 31.7 Å². The number of hydrogen-bond donors (Lipinski definition) is 0. The summed E-state index contributed by atoms with van der Waals surface area (Å²) in [5.41, 5.74) is 0. The second kappa shape index (κ2) is 3.61. The van der Waals surface area contributed by atoms with Crippen LogP contribution in [0.4, 0.5) is 5.82 Å². The van der Waals surface area contributed by atoms with E-state index in [1.165, 1.54) is 0 Å². The number of aromatic nitrogens is 2. The SMILES string of the molecule is Clc1cncc(N2CC3CCC(C2)O3)n1. The molecule has 0 N–H and O–H groups in total. The van der Waals surface area contributed by atoms with Gasteiger partial charge < -0.3 is 9.64 Å². The van der Waals surface area contributed by atoms with Gasteiger partial charge in [-0.3, -0.25) is 4.98 Å². The third kappa shape index (κ3) is 1.79. The fourth-order valence-electron chi connectivity index (χ4n) is 2.29. The van der Waals surface area contributed by atoms with Crippen LogP contribution in [0.15, 0.2) is 12.4 Å². The Kier molecular flexibility index (Phi) is 2.25. The molecule has 0 amide bonds. The molecule has 2 bridgehead atoms. The largest absolute Gasteiger partial charge is 0.371 e. The van der Waals surface area contributed by atoms with Gasteiger partial charge in [-0.15, -0.1) is 0 Å². The first-order valence-electron chi connectivity index (χ1n) is 5.19. The van der Waals surface area contributed by atoms with Crippen molar-refractivity contribution in [3.8, 4) is 0 Å². The summed E-state index contributed by atoms with van der Waals surface area (Å²) in [4.78, 5) is 10.5. The summed E-state index contributed by atoms with van der Waals surface area (Å²) in [5.74, 6) is 0.864. The Bertz CT molecular complexity index is 361. The van der Waals surface area contributed by atoms with E-state index in [2.05, 4.69) is 14.9 Å². The van der Waals surface area contributed by atoms with Crippen LogP contribution in [0.3, 0.4) is 0 Å². The maximum Gasteiger partial charge on any atom is 0.149 e. The minimum atomic E-state index is 0.365. The van der Waals surface area contributed by atoms with Crippen molar-refractivity contribution in [3.05, 3.63) is 17.5 Å². The Labute approximate surface area is 93.2 Å². The third-order valence-corrected chi connectivity index (χ3v) is 3.14. The van der Waals surface area contributed by atoms with Crippen LogP contribution >= 0.6 is 11.6 Å². The van der Waals surface area contributed by atoms with Crippen LogP contribution in [-0.4, -0.2) is 35.3 Å². The smallest absolute Gasteiger partial charge is 0.149 e. The van der Waals surface area contributed by atoms with Crippen LogP contribution in [0.2, 0.25) is 5.15 Å². The first-order valence-corrected chi connectivity index (χ1v) is 5.57. The van der Waals surface area contributed by atoms with Crippen molar-refractivity contribution < 1.29 is 4.74 Å². The Morgan fingerprint density at radius 3 is 2.67 bits per heavy atom. The maximum absolute atomic E-state index is 5.82. The standard InChI is InChI=1S/C10H12ClN3O/c11-9-3-12-4-10(13-9)14-5-7-1-2-8(6-14)15-7/h3-4,7-8H,1-2,5-6H2. The predicted octanol–water partition coefficient (Wildman–Crippen LogP) is 1.50. The molecular weight excluding hydrogens is 214 g/mol. The second-order valence-electron chi connectivity index (χ2n) is 4.06. The molecule has 0 radical (unpaired) electrons. The van der Waals surface area contributed by atoms with Gasteiger partial charge in [-0.25, -0.2) is 4.98 Å². The minimum absolute atomic E-state index is 0.365. The number of anilines is 1. The summed E-state index contributed by atoms with van der Waals surface area (Å²) in [6, 6.07) is 0. The van der Waals surface area contributed by atoms with Gasteiger partial charge in [0.05, 0.1) is 24.6 Å². The number of halogens is 1. The van der Waals surface area contributed by atoms with Gasteiger partial charge in [0.2, 0.25) is 0 Å². The van der Waals surface area contributed by atoms with Crippen molar-refractivity contribution in [2.45, 2.75) is 25.0 Å². The molecule has 15 heavy (non-hydrogen) atoms. The van der Waals surface area contributed by atoms with E-state index < -0.39 is 0 Å². The summed E-state index contributed by atoms with van der Waals surface area (Å²) in [6.07, 6.45) is 6.37. The van der Waals surface area contributed by atoms with Crippen molar-refractivity contribution >= 4 is 17.4 Å². The normalized spacial score (nSPS) is 29.5. The quantitative estimate of drug-likeness (QED) is 0.726. The summed E-state index contributed by atoms with van der Waals surface area (Å²) >= 11 is 5.82. The monoisotopic (exact) mass is 225 g/mol. The van der Waals surface area contributed by atoms with Crippen LogP contribution in [0, 0.1) is 0 Å². The molecule has 2 atom stereocenters. The Balaban J connectivity index is 1.83. The van der Waals surface area contributed by atoms with Gasteiger partial charge >= 0.3 is 0 Å². The molecule has 3 heterocycles. The Morgan fingerprint density at radius 2 is 2.00 bits per heavy atom. The van der Waals surface area contributed by atoms with E-state index in [1.807, 2.05) is 0 Å². The molecule has 2 aliphatic heterocycles. The van der Waals surface area contributed by atoms with Crippen LogP contribution < -0.4 is 4.90 Å². The molecule has 5 heteroatoms. The third-order valence-electron chi connectivity index (χ3n) is 2.96. The van der Waals surface area contributed by atoms with E-state index in [1.54, 1.807) is 12.4 Å². The number of rotatable bonds is 1. The average Bonchev–Trinajstić information content (AvgIpc) is 2.58. The van der Waals surface area contributed by atoms with Crippen molar-refractivity contribution in [2.75, 3.05) is 18.0 Å². The molecular formula is C10H12ClN3O. The van der Waals surface area contributed by atoms with Gasteiger partial charge in [0.1, 0.15) is 11.0 Å². The zero-order chi connectivity index (χ0) is 10.3. The Hall–Kier alpha value is -0.870. The van der Waals surface area contributed by atoms with E-state index in [-0.39, 0.29) is 0 Å². The van der Waals surface area contributed by atoms with Gasteiger partial charge in [-0.1, -0.05) is 11.6 Å². The van der Waals surface area contributed by atoms with E-state index >= 15 is 0 Å². The highest BCUT2D eigenvalue weighted by molar-refractivity contribution is 6.29. The molecule has 0 saturated carbocycles. The number of nitrogens with zero attached hydrogens (tertiary/aromatic N) is 3. The second-order valence-corrected chi connectivity index (χ2v) is 4.45.